The third-order valence-corrected chi connectivity index (χ3v) is 27.2. The maximum atomic E-state index is 13.5. The molecule has 5 unspecified atom stereocenters. The number of methoxy groups -OCH3 is 4. The van der Waals surface area contributed by atoms with Gasteiger partial charge in [-0.2, -0.15) is 0 Å². The Morgan fingerprint density at radius 3 is 1.53 bits per heavy atom. The number of benzene rings is 5. The van der Waals surface area contributed by atoms with Crippen molar-refractivity contribution in [1.82, 2.24) is 4.90 Å². The lowest BCUT2D eigenvalue weighted by Gasteiger charge is -2.50. The molecule has 662 valence electrons. The lowest BCUT2D eigenvalue weighted by Crippen LogP contribution is -2.63. The highest BCUT2D eigenvalue weighted by atomic mass is 35.5. The fourth-order valence-electron chi connectivity index (χ4n) is 20.2. The number of carbonyl (C=O) groups excluding carboxylic acids is 3. The number of nitrogens with zero attached hydrogens (tertiary/aromatic N) is 1. The fourth-order valence-corrected chi connectivity index (χ4v) is 21.3. The van der Waals surface area contributed by atoms with Gasteiger partial charge in [0.1, 0.15) is 54.6 Å². The number of fused-ring (bicyclic) bond motifs is 13. The Labute approximate surface area is 714 Å². The van der Waals surface area contributed by atoms with Gasteiger partial charge in [0, 0.05) is 48.5 Å². The standard InChI is InChI=1S/C32H32O13S.C29H32O13.C23H31Cl2NO3.H3O4P/c1-37-19-6-13(7-20(38-2)25(19)33)23-14-8-17-18(42-12-41-17)9-15(14)28(16-10-39-30(36)24(16)23)44-32-27(35)26(34)29-21(43-32)11-40-31(45-29)22-4-3-5-46-22;1-11-36-9-20-27(40-11)24(31)25(32)29(41-20)42-26-14-7-17-16(38-10-39-17)6-13(14)21(22-15(26)8-37-28(22)33)12-4-18(34-2)23(30)19(5-12)35-3;1-23-9-8-18-17-5-3-16(29-22(28)26(12-10-24)13-11-25)14-15(17)2-4-19(18)20(23)6-7-21(23)27;1-5(2,3)4/h3-9,16,21,23-24,26-29,31-35H,10-12H2,1-2H3;4-7,11,15,20-22,24-27,29-32H,8-10H2,1-3H3;3,5,14,18-21,27H,2,4,6-13H2,1H3;(H3,1,2,3,4)/t16?,21-,23-,24+,26-,27-,28?,29-,31?,32+;11-,15?,20-,21-,22+,24-,25-,26?,27-,29+;18-,19-,20+,21+,23+;/m111./s1. The maximum Gasteiger partial charge on any atom is 0.466 e. The van der Waals surface area contributed by atoms with Crippen molar-refractivity contribution in [3.05, 3.63) is 134 Å². The highest BCUT2D eigenvalue weighted by molar-refractivity contribution is 7.45. The Kier molecular flexibility index (Phi) is 26.1. The maximum absolute atomic E-state index is 13.5. The van der Waals surface area contributed by atoms with E-state index in [1.165, 1.54) is 50.9 Å². The molecule has 0 radical (unpaired) electrons. The number of phosphoric acid groups is 1. The average molecular weight is 1780 g/mol. The molecule has 0 bridgehead atoms. The van der Waals surface area contributed by atoms with Crippen LogP contribution in [-0.4, -0.2) is 240 Å². The molecule has 9 heterocycles. The lowest BCUT2D eigenvalue weighted by atomic mass is 9.55. The van der Waals surface area contributed by atoms with Crippen molar-refractivity contribution in [2.75, 3.05) is 93.3 Å². The van der Waals surface area contributed by atoms with Gasteiger partial charge in [-0.3, -0.25) is 9.59 Å². The van der Waals surface area contributed by atoms with E-state index in [0.29, 0.717) is 105 Å². The molecule has 8 fully saturated rings. The topological polar surface area (TPSA) is 449 Å². The third-order valence-electron chi connectivity index (χ3n) is 25.9. The van der Waals surface area contributed by atoms with E-state index in [0.717, 1.165) is 43.4 Å². The van der Waals surface area contributed by atoms with Crippen molar-refractivity contribution in [1.29, 1.82) is 0 Å². The first-order chi connectivity index (χ1) is 58.6. The molecule has 5 aromatic carbocycles. The number of aliphatic hydroxyl groups excluding tert-OH is 5. The van der Waals surface area contributed by atoms with Crippen LogP contribution in [0.15, 0.2) is 84.2 Å². The van der Waals surface area contributed by atoms with Crippen LogP contribution in [0, 0.1) is 40.9 Å². The molecule has 122 heavy (non-hydrogen) atoms. The van der Waals surface area contributed by atoms with Gasteiger partial charge in [0.05, 0.1) is 89.9 Å². The molecular formula is C84H98Cl2NO33PS. The molecule has 8 aliphatic heterocycles. The van der Waals surface area contributed by atoms with Gasteiger partial charge < -0.3 is 145 Å². The molecule has 1 amide bonds. The summed E-state index contributed by atoms with van der Waals surface area (Å²) in [4.78, 5) is 63.3. The van der Waals surface area contributed by atoms with Crippen molar-refractivity contribution >= 4 is 60.4 Å². The molecule has 6 aromatic rings. The van der Waals surface area contributed by atoms with E-state index in [1.807, 2.05) is 35.7 Å². The Hall–Kier alpha value is -7.82. The number of thiophene rings is 1. The SMILES string of the molecule is COc1cc([C@@H]2c3cc4c(cc3C(O[C@@H]3O[C@@H]5COC(c6cccs6)O[C@H]5[C@H](O)[C@H]3O)C3COC(=O)[C@@H]32)OCO4)cc(OC)c1O.COc1cc([C@@H]2c3cc4c(cc3C(O[C@@H]3O[C@@H]5CO[C@@H](C)O[C@H]5[C@H](O)[C@H]3O)C3COC(=O)[C@@H]32)OCO4)cc(OC)c1O.C[C@]12CC[C@@H]3c4ccc(OC(=O)N(CCCl)CCCl)cc4CC[C@H]3[C@@H]1CC[C@@H]2O.O=P(O)(O)O. The molecule has 2 saturated carbocycles. The van der Waals surface area contributed by atoms with E-state index < -0.39 is 148 Å². The quantitative estimate of drug-likeness (QED) is 0.0247. The number of carbonyl (C=O) groups is 3. The average Bonchev–Trinajstić information content (AvgIpc) is 1.54. The van der Waals surface area contributed by atoms with Crippen LogP contribution < -0.4 is 42.6 Å². The molecule has 10 N–H and O–H groups in total. The first-order valence-electron chi connectivity index (χ1n) is 40.3. The second-order valence-corrected chi connectivity index (χ2v) is 35.2. The van der Waals surface area contributed by atoms with Crippen molar-refractivity contribution in [3.63, 3.8) is 0 Å². The minimum absolute atomic E-state index is 0.0242. The number of phenols is 2. The Bertz CT molecular complexity index is 4780. The van der Waals surface area contributed by atoms with Crippen LogP contribution in [0.3, 0.4) is 0 Å². The minimum Gasteiger partial charge on any atom is -0.502 e. The van der Waals surface area contributed by atoms with Crippen molar-refractivity contribution in [2.45, 2.75) is 162 Å². The Balaban J connectivity index is 0.000000135. The zero-order valence-electron chi connectivity index (χ0n) is 67.2. The van der Waals surface area contributed by atoms with Gasteiger partial charge in [0.15, 0.2) is 71.2 Å². The van der Waals surface area contributed by atoms with Gasteiger partial charge >= 0.3 is 25.9 Å². The number of aromatic hydroxyl groups is 2. The van der Waals surface area contributed by atoms with Crippen molar-refractivity contribution in [2.24, 2.45) is 40.9 Å². The van der Waals surface area contributed by atoms with E-state index >= 15 is 0 Å². The number of aliphatic hydroxyl groups is 5. The monoisotopic (exact) mass is 1780 g/mol. The Morgan fingerprint density at radius 1 is 0.574 bits per heavy atom. The summed E-state index contributed by atoms with van der Waals surface area (Å²) in [5.74, 6) is 1.05. The van der Waals surface area contributed by atoms with Gasteiger partial charge in [-0.1, -0.05) is 19.1 Å². The summed E-state index contributed by atoms with van der Waals surface area (Å²) < 4.78 is 119. The number of ether oxygens (including phenoxy) is 19. The van der Waals surface area contributed by atoms with Crippen LogP contribution in [-0.2, 0) is 67.9 Å². The second-order valence-electron chi connectivity index (χ2n) is 32.4. The van der Waals surface area contributed by atoms with Gasteiger partial charge in [0.25, 0.3) is 0 Å². The molecule has 34 nitrogen and oxygen atoms in total. The van der Waals surface area contributed by atoms with E-state index in [9.17, 15) is 50.1 Å². The van der Waals surface area contributed by atoms with E-state index in [1.54, 1.807) is 54.3 Å². The van der Waals surface area contributed by atoms with Crippen LogP contribution in [0.25, 0.3) is 0 Å². The molecule has 0 spiro atoms. The predicted molar refractivity (Wildman–Crippen MR) is 425 cm³/mol. The zero-order chi connectivity index (χ0) is 86.1. The molecule has 38 heteroatoms. The van der Waals surface area contributed by atoms with Gasteiger partial charge in [-0.05, 0) is 185 Å². The minimum atomic E-state index is -4.64. The number of cyclic esters (lactones) is 2. The van der Waals surface area contributed by atoms with Crippen LogP contribution in [0.4, 0.5) is 4.79 Å². The lowest BCUT2D eigenvalue weighted by molar-refractivity contribution is -0.368. The van der Waals surface area contributed by atoms with Gasteiger partial charge in [-0.15, -0.1) is 34.5 Å². The number of hydrogen-bond donors (Lipinski definition) is 10. The normalized spacial score (nSPS) is 33.8. The molecule has 1 aromatic heterocycles. The summed E-state index contributed by atoms with van der Waals surface area (Å²) in [7, 11) is 1.08. The fraction of sp³-hybridized carbons (Fsp3) is 0.560. The van der Waals surface area contributed by atoms with Crippen LogP contribution in [0.2, 0.25) is 0 Å². The summed E-state index contributed by atoms with van der Waals surface area (Å²) in [5, 5.41) is 78.1. The van der Waals surface area contributed by atoms with Crippen molar-refractivity contribution in [3.8, 4) is 63.2 Å². The number of alkyl halides is 2. The number of rotatable bonds is 16. The van der Waals surface area contributed by atoms with Crippen molar-refractivity contribution < 1.29 is 159 Å². The summed E-state index contributed by atoms with van der Waals surface area (Å²) in [6.07, 6.45) is -7.98. The summed E-state index contributed by atoms with van der Waals surface area (Å²) >= 11 is 13.0. The highest BCUT2D eigenvalue weighted by Gasteiger charge is 2.60. The van der Waals surface area contributed by atoms with Gasteiger partial charge in [-0.25, -0.2) is 9.36 Å². The highest BCUT2D eigenvalue weighted by Crippen LogP contribution is 2.63. The number of phenolic OH excluding ortho intramolecular Hbond substituents is 2. The molecular weight excluding hydrogens is 1680 g/mol. The third kappa shape index (κ3) is 16.9. The smallest absolute Gasteiger partial charge is 0.466 e. The van der Waals surface area contributed by atoms with E-state index in [4.69, 9.17) is 132 Å². The molecule has 13 aliphatic rings. The second kappa shape index (κ2) is 36.3. The Morgan fingerprint density at radius 2 is 1.06 bits per heavy atom. The number of halogens is 2. The van der Waals surface area contributed by atoms with E-state index in [-0.39, 0.29) is 86.0 Å². The van der Waals surface area contributed by atoms with Gasteiger partial charge in [0.2, 0.25) is 25.1 Å². The number of hydrogen-bond acceptors (Lipinski definition) is 31. The predicted octanol–water partition coefficient (Wildman–Crippen LogP) is 8.34. The van der Waals surface area contributed by atoms with Crippen LogP contribution >= 0.6 is 42.4 Å². The van der Waals surface area contributed by atoms with Crippen LogP contribution in [0.5, 0.6) is 63.2 Å². The first kappa shape index (κ1) is 87.6. The molecule has 19 rings (SSSR count). The zero-order valence-corrected chi connectivity index (χ0v) is 70.4. The molecule has 25 atom stereocenters. The number of amides is 1. The largest absolute Gasteiger partial charge is 0.502 e. The van der Waals surface area contributed by atoms with Crippen LogP contribution in [0.1, 0.15) is 132 Å². The summed E-state index contributed by atoms with van der Waals surface area (Å²) in [6.45, 7) is 5.25. The molecule has 5 aliphatic carbocycles. The summed E-state index contributed by atoms with van der Waals surface area (Å²) in [6, 6.07) is 23.8. The number of esters is 2. The van der Waals surface area contributed by atoms with E-state index in [2.05, 4.69) is 13.0 Å². The number of aryl methyl sites for hydroxylation is 1. The first-order valence-corrected chi connectivity index (χ1v) is 43.8. The summed E-state index contributed by atoms with van der Waals surface area (Å²) in [5.41, 5.74) is 6.84. The molecule has 6 saturated heterocycles.